The lowest BCUT2D eigenvalue weighted by molar-refractivity contribution is -0.453. The summed E-state index contributed by atoms with van der Waals surface area (Å²) in [5, 5.41) is 8.45. The second-order valence-electron chi connectivity index (χ2n) is 10.2. The van der Waals surface area contributed by atoms with E-state index < -0.39 is 29.7 Å². The average Bonchev–Trinajstić information content (AvgIpc) is 3.07. The van der Waals surface area contributed by atoms with Gasteiger partial charge in [-0.25, -0.2) is 29.0 Å². The Labute approximate surface area is 257 Å². The van der Waals surface area contributed by atoms with Crippen molar-refractivity contribution in [3.05, 3.63) is 120 Å². The fourth-order valence-electron chi connectivity index (χ4n) is 3.70. The van der Waals surface area contributed by atoms with E-state index in [1.807, 2.05) is 60.7 Å². The van der Waals surface area contributed by atoms with Crippen molar-refractivity contribution in [3.8, 4) is 22.3 Å². The first kappa shape index (κ1) is 32.2. The predicted molar refractivity (Wildman–Crippen MR) is 155 cm³/mol. The predicted octanol–water partition coefficient (Wildman–Crippen LogP) is 7.06. The Morgan fingerprint density at radius 3 is 1.16 bits per heavy atom. The molecule has 0 amide bonds. The van der Waals surface area contributed by atoms with E-state index in [1.54, 1.807) is 38.1 Å². The van der Waals surface area contributed by atoms with Gasteiger partial charge in [0.2, 0.25) is 0 Å². The maximum absolute atomic E-state index is 12.1. The summed E-state index contributed by atoms with van der Waals surface area (Å²) in [6.07, 6.45) is -2.63. The van der Waals surface area contributed by atoms with E-state index in [0.29, 0.717) is 0 Å². The number of hydrogen-bond acceptors (Lipinski definition) is 12. The van der Waals surface area contributed by atoms with Gasteiger partial charge in [0, 0.05) is 5.41 Å². The standard InChI is InChI=1S/C33H28O12/c1-33(2,21-38-31(36)42-44-40-29(34)27-17-13-25(14-18-27)23-9-5-3-6-10-23)22-39-32(37)43-45-41-30(35)28-19-15-26(16-20-28)24-11-7-4-8-12-24/h3-20H,21-22H2,1-2H3. The fourth-order valence-corrected chi connectivity index (χ4v) is 3.70. The molecule has 4 rings (SSSR count). The minimum atomic E-state index is -1.31. The van der Waals surface area contributed by atoms with E-state index in [4.69, 9.17) is 9.47 Å². The van der Waals surface area contributed by atoms with E-state index in [-0.39, 0.29) is 24.3 Å². The number of carbonyl (C=O) groups excluding carboxylic acids is 4. The van der Waals surface area contributed by atoms with E-state index in [0.717, 1.165) is 22.3 Å². The van der Waals surface area contributed by atoms with E-state index in [1.165, 1.54) is 24.3 Å². The summed E-state index contributed by atoms with van der Waals surface area (Å²) in [6.45, 7) is 2.58. The zero-order chi connectivity index (χ0) is 32.1. The molecule has 0 atom stereocenters. The van der Waals surface area contributed by atoms with Gasteiger partial charge in [-0.15, -0.1) is 0 Å². The van der Waals surface area contributed by atoms with Gasteiger partial charge < -0.3 is 9.47 Å². The van der Waals surface area contributed by atoms with Crippen molar-refractivity contribution in [1.82, 2.24) is 0 Å². The van der Waals surface area contributed by atoms with E-state index >= 15 is 0 Å². The molecular formula is C33H28O12. The van der Waals surface area contributed by atoms with Crippen molar-refractivity contribution >= 4 is 24.2 Å². The molecule has 4 aromatic rings. The van der Waals surface area contributed by atoms with Crippen molar-refractivity contribution in [2.45, 2.75) is 13.8 Å². The summed E-state index contributed by atoms with van der Waals surface area (Å²) in [5.41, 5.74) is 3.13. The molecule has 232 valence electrons. The zero-order valence-corrected chi connectivity index (χ0v) is 24.2. The number of rotatable bonds is 12. The van der Waals surface area contributed by atoms with Crippen LogP contribution in [0.2, 0.25) is 0 Å². The van der Waals surface area contributed by atoms with Crippen molar-refractivity contribution in [2.24, 2.45) is 5.41 Å². The Morgan fingerprint density at radius 2 is 0.800 bits per heavy atom. The third kappa shape index (κ3) is 10.2. The highest BCUT2D eigenvalue weighted by molar-refractivity contribution is 5.90. The van der Waals surface area contributed by atoms with Gasteiger partial charge in [-0.2, -0.15) is 0 Å². The van der Waals surface area contributed by atoms with Gasteiger partial charge in [0.15, 0.2) is 0 Å². The molecule has 0 unspecified atom stereocenters. The van der Waals surface area contributed by atoms with Crippen molar-refractivity contribution in [2.75, 3.05) is 13.2 Å². The first-order valence-corrected chi connectivity index (χ1v) is 13.5. The third-order valence-electron chi connectivity index (χ3n) is 6.04. The zero-order valence-electron chi connectivity index (χ0n) is 24.2. The molecule has 0 aromatic heterocycles. The first-order valence-electron chi connectivity index (χ1n) is 13.5. The summed E-state index contributed by atoms with van der Waals surface area (Å²) in [7, 11) is 0. The van der Waals surface area contributed by atoms with Crippen LogP contribution in [0.25, 0.3) is 22.3 Å². The summed E-state index contributed by atoms with van der Waals surface area (Å²) in [4.78, 5) is 65.3. The summed E-state index contributed by atoms with van der Waals surface area (Å²) >= 11 is 0. The Balaban J connectivity index is 1.08. The van der Waals surface area contributed by atoms with Gasteiger partial charge in [-0.05, 0) is 46.5 Å². The monoisotopic (exact) mass is 616 g/mol. The molecule has 0 spiro atoms. The van der Waals surface area contributed by atoms with Crippen LogP contribution in [0.1, 0.15) is 34.6 Å². The Kier molecular flexibility index (Phi) is 11.2. The first-order chi connectivity index (χ1) is 21.7. The van der Waals surface area contributed by atoms with Crippen LogP contribution in [0.5, 0.6) is 0 Å². The molecule has 45 heavy (non-hydrogen) atoms. The van der Waals surface area contributed by atoms with Crippen molar-refractivity contribution in [3.63, 3.8) is 0 Å². The number of benzene rings is 4. The molecular weight excluding hydrogens is 588 g/mol. The Morgan fingerprint density at radius 1 is 0.467 bits per heavy atom. The molecule has 0 aliphatic rings. The van der Waals surface area contributed by atoms with Crippen LogP contribution in [0.3, 0.4) is 0 Å². The Hall–Kier alpha value is -5.72. The highest BCUT2D eigenvalue weighted by Gasteiger charge is 2.25. The minimum Gasteiger partial charge on any atom is -0.432 e. The molecule has 0 bridgehead atoms. The molecule has 0 aliphatic carbocycles. The van der Waals surface area contributed by atoms with Crippen LogP contribution in [-0.4, -0.2) is 37.5 Å². The van der Waals surface area contributed by atoms with Gasteiger partial charge in [0.25, 0.3) is 0 Å². The maximum Gasteiger partial charge on any atom is 0.543 e. The van der Waals surface area contributed by atoms with Crippen LogP contribution in [0.4, 0.5) is 9.59 Å². The molecule has 0 fully saturated rings. The van der Waals surface area contributed by atoms with E-state index in [9.17, 15) is 19.2 Å². The number of hydrogen-bond donors (Lipinski definition) is 0. The molecule has 12 nitrogen and oxygen atoms in total. The summed E-state index contributed by atoms with van der Waals surface area (Å²) in [6, 6.07) is 32.1. The van der Waals surface area contributed by atoms with Gasteiger partial charge in [-0.1, -0.05) is 98.8 Å². The molecule has 0 N–H and O–H groups in total. The smallest absolute Gasteiger partial charge is 0.432 e. The number of carbonyl (C=O) groups is 4. The lowest BCUT2D eigenvalue weighted by Gasteiger charge is -2.22. The average molecular weight is 617 g/mol. The molecule has 12 heteroatoms. The maximum atomic E-state index is 12.1. The van der Waals surface area contributed by atoms with Gasteiger partial charge in [0.05, 0.1) is 21.2 Å². The lowest BCUT2D eigenvalue weighted by Crippen LogP contribution is -2.29. The van der Waals surface area contributed by atoms with Gasteiger partial charge >= 0.3 is 24.2 Å². The number of ether oxygens (including phenoxy) is 2. The normalized spacial score (nSPS) is 10.7. The fraction of sp³-hybridized carbons (Fsp3) is 0.152. The molecule has 0 radical (unpaired) electrons. The molecule has 0 saturated heterocycles. The lowest BCUT2D eigenvalue weighted by atomic mass is 9.96. The molecule has 0 saturated carbocycles. The second-order valence-corrected chi connectivity index (χ2v) is 10.2. The molecule has 4 aromatic carbocycles. The van der Waals surface area contributed by atoms with Crippen LogP contribution in [0, 0.1) is 5.41 Å². The van der Waals surface area contributed by atoms with Crippen LogP contribution >= 0.6 is 0 Å². The van der Waals surface area contributed by atoms with Crippen molar-refractivity contribution < 1.29 is 58.3 Å². The van der Waals surface area contributed by atoms with Crippen LogP contribution in [-0.2, 0) is 39.1 Å². The van der Waals surface area contributed by atoms with Gasteiger partial charge in [-0.3, -0.25) is 9.78 Å². The highest BCUT2D eigenvalue weighted by Crippen LogP contribution is 2.21. The minimum absolute atomic E-state index is 0.160. The third-order valence-corrected chi connectivity index (χ3v) is 6.04. The SMILES string of the molecule is CC(C)(COC(=O)OOOC(=O)c1ccc(-c2ccccc2)cc1)COC(=O)OOOC(=O)c1ccc(-c2ccccc2)cc1. The molecule has 0 aliphatic heterocycles. The summed E-state index contributed by atoms with van der Waals surface area (Å²) in [5.74, 6) is -1.80. The molecule has 0 heterocycles. The quantitative estimate of drug-likeness (QED) is 0.0913. The second kappa shape index (κ2) is 15.7. The largest absolute Gasteiger partial charge is 0.543 e. The van der Waals surface area contributed by atoms with Crippen molar-refractivity contribution in [1.29, 1.82) is 0 Å². The Bertz CT molecular complexity index is 1450. The van der Waals surface area contributed by atoms with Crippen LogP contribution in [0.15, 0.2) is 109 Å². The van der Waals surface area contributed by atoms with Gasteiger partial charge in [0.1, 0.15) is 13.2 Å². The highest BCUT2D eigenvalue weighted by atomic mass is 17.5. The van der Waals surface area contributed by atoms with E-state index in [2.05, 4.69) is 29.6 Å². The summed E-state index contributed by atoms with van der Waals surface area (Å²) < 4.78 is 9.76. The van der Waals surface area contributed by atoms with Crippen LogP contribution < -0.4 is 0 Å². The topological polar surface area (TPSA) is 142 Å².